The Bertz CT molecular complexity index is 486. The van der Waals surface area contributed by atoms with Gasteiger partial charge in [0.15, 0.2) is 5.03 Å². The summed E-state index contributed by atoms with van der Waals surface area (Å²) in [6, 6.07) is 3.12. The van der Waals surface area contributed by atoms with Crippen molar-refractivity contribution in [1.82, 2.24) is 20.2 Å². The summed E-state index contributed by atoms with van der Waals surface area (Å²) in [6.45, 7) is 4.15. The van der Waals surface area contributed by atoms with Crippen molar-refractivity contribution in [2.75, 3.05) is 19.6 Å². The lowest BCUT2D eigenvalue weighted by Crippen LogP contribution is -2.36. The third-order valence-electron chi connectivity index (χ3n) is 3.07. The zero-order valence-corrected chi connectivity index (χ0v) is 12.4. The molecule has 0 bridgehead atoms. The van der Waals surface area contributed by atoms with E-state index in [1.54, 1.807) is 13.0 Å². The molecule has 2 heterocycles. The van der Waals surface area contributed by atoms with Crippen molar-refractivity contribution in [3.63, 3.8) is 0 Å². The van der Waals surface area contributed by atoms with Crippen LogP contribution >= 0.6 is 12.4 Å². The largest absolute Gasteiger partial charge is 0.317 e. The fourth-order valence-corrected chi connectivity index (χ4v) is 2.92. The Morgan fingerprint density at radius 2 is 2.00 bits per heavy atom. The zero-order valence-electron chi connectivity index (χ0n) is 10.8. The number of aryl methyl sites for hydroxylation is 1. The quantitative estimate of drug-likeness (QED) is 0.845. The average Bonchev–Trinajstić information content (AvgIpc) is 2.38. The lowest BCUT2D eigenvalue weighted by Gasteiger charge is -2.22. The van der Waals surface area contributed by atoms with E-state index in [0.29, 0.717) is 18.2 Å². The van der Waals surface area contributed by atoms with Crippen LogP contribution in [0.1, 0.15) is 18.5 Å². The van der Waals surface area contributed by atoms with Crippen molar-refractivity contribution in [2.24, 2.45) is 5.92 Å². The molecule has 19 heavy (non-hydrogen) atoms. The minimum absolute atomic E-state index is 0. The van der Waals surface area contributed by atoms with Crippen LogP contribution in [-0.4, -0.2) is 38.2 Å². The lowest BCUT2D eigenvalue weighted by atomic mass is 9.99. The summed E-state index contributed by atoms with van der Waals surface area (Å²) in [5.74, 6) is 0.402. The van der Waals surface area contributed by atoms with E-state index in [2.05, 4.69) is 20.2 Å². The number of aromatic nitrogens is 2. The Balaban J connectivity index is 0.00000180. The first-order valence-electron chi connectivity index (χ1n) is 6.08. The molecule has 1 aromatic heterocycles. The first-order valence-corrected chi connectivity index (χ1v) is 7.57. The summed E-state index contributed by atoms with van der Waals surface area (Å²) in [5, 5.41) is 10.7. The molecular formula is C11H19ClN4O2S. The second kappa shape index (κ2) is 7.14. The predicted octanol–water partition coefficient (Wildman–Crippen LogP) is 0.485. The number of hydrogen-bond acceptors (Lipinski definition) is 5. The standard InChI is InChI=1S/C11H18N4O2S.ClH/c1-9-2-3-11(15-14-9)18(16,17)13-8-10-4-6-12-7-5-10;/h2-3,10,12-13H,4-8H2,1H3;1H. The monoisotopic (exact) mass is 306 g/mol. The van der Waals surface area contributed by atoms with Gasteiger partial charge in [-0.25, -0.2) is 13.1 Å². The summed E-state index contributed by atoms with van der Waals surface area (Å²) < 4.78 is 26.5. The highest BCUT2D eigenvalue weighted by atomic mass is 35.5. The Labute approximate surface area is 119 Å². The van der Waals surface area contributed by atoms with E-state index in [4.69, 9.17) is 0 Å². The Morgan fingerprint density at radius 3 is 2.58 bits per heavy atom. The van der Waals surface area contributed by atoms with Crippen LogP contribution in [0.15, 0.2) is 17.2 Å². The Morgan fingerprint density at radius 1 is 1.32 bits per heavy atom. The normalized spacial score (nSPS) is 16.9. The van der Waals surface area contributed by atoms with Crippen LogP contribution in [0.25, 0.3) is 0 Å². The minimum atomic E-state index is -3.52. The van der Waals surface area contributed by atoms with E-state index in [-0.39, 0.29) is 17.4 Å². The van der Waals surface area contributed by atoms with Crippen LogP contribution in [0.4, 0.5) is 0 Å². The van der Waals surface area contributed by atoms with Gasteiger partial charge in [0.2, 0.25) is 0 Å². The van der Waals surface area contributed by atoms with Gasteiger partial charge in [-0.15, -0.1) is 17.5 Å². The van der Waals surface area contributed by atoms with Crippen molar-refractivity contribution in [1.29, 1.82) is 0 Å². The second-order valence-corrected chi connectivity index (χ2v) is 6.27. The fraction of sp³-hybridized carbons (Fsp3) is 0.636. The molecule has 0 aliphatic carbocycles. The van der Waals surface area contributed by atoms with Crippen molar-refractivity contribution >= 4 is 22.4 Å². The van der Waals surface area contributed by atoms with Gasteiger partial charge in [-0.1, -0.05) is 0 Å². The minimum Gasteiger partial charge on any atom is -0.317 e. The number of nitrogens with one attached hydrogen (secondary N) is 2. The molecule has 0 unspecified atom stereocenters. The van der Waals surface area contributed by atoms with Crippen molar-refractivity contribution in [2.45, 2.75) is 24.8 Å². The van der Waals surface area contributed by atoms with Crippen LogP contribution in [0.3, 0.4) is 0 Å². The van der Waals surface area contributed by atoms with E-state index < -0.39 is 10.0 Å². The molecule has 0 radical (unpaired) electrons. The Kier molecular flexibility index (Phi) is 6.12. The maximum atomic E-state index is 12.0. The summed E-state index contributed by atoms with van der Waals surface area (Å²) in [4.78, 5) is 0. The van der Waals surface area contributed by atoms with Crippen molar-refractivity contribution in [3.05, 3.63) is 17.8 Å². The number of piperidine rings is 1. The topological polar surface area (TPSA) is 84.0 Å². The molecule has 1 fully saturated rings. The molecule has 2 N–H and O–H groups in total. The van der Waals surface area contributed by atoms with Gasteiger partial charge < -0.3 is 5.32 Å². The van der Waals surface area contributed by atoms with Crippen LogP contribution in [0, 0.1) is 12.8 Å². The molecule has 1 aromatic rings. The van der Waals surface area contributed by atoms with Gasteiger partial charge in [0.05, 0.1) is 5.69 Å². The summed E-state index contributed by atoms with van der Waals surface area (Å²) in [7, 11) is -3.52. The maximum Gasteiger partial charge on any atom is 0.259 e. The maximum absolute atomic E-state index is 12.0. The highest BCUT2D eigenvalue weighted by Crippen LogP contribution is 2.11. The summed E-state index contributed by atoms with van der Waals surface area (Å²) >= 11 is 0. The SMILES string of the molecule is Cc1ccc(S(=O)(=O)NCC2CCNCC2)nn1.Cl. The number of nitrogens with zero attached hydrogens (tertiary/aromatic N) is 2. The van der Waals surface area contributed by atoms with Gasteiger partial charge in [0.25, 0.3) is 10.0 Å². The smallest absolute Gasteiger partial charge is 0.259 e. The molecule has 6 nitrogen and oxygen atoms in total. The van der Waals surface area contributed by atoms with Gasteiger partial charge in [-0.3, -0.25) is 0 Å². The number of hydrogen-bond donors (Lipinski definition) is 2. The van der Waals surface area contributed by atoms with E-state index in [1.807, 2.05) is 0 Å². The molecule has 2 rings (SSSR count). The van der Waals surface area contributed by atoms with Crippen LogP contribution in [-0.2, 0) is 10.0 Å². The van der Waals surface area contributed by atoms with Gasteiger partial charge in [-0.2, -0.15) is 5.10 Å². The van der Waals surface area contributed by atoms with E-state index in [0.717, 1.165) is 25.9 Å². The third-order valence-corrected chi connectivity index (χ3v) is 4.38. The molecule has 1 saturated heterocycles. The number of rotatable bonds is 4. The van der Waals surface area contributed by atoms with E-state index in [1.165, 1.54) is 6.07 Å². The molecule has 1 aliphatic rings. The van der Waals surface area contributed by atoms with E-state index >= 15 is 0 Å². The first-order chi connectivity index (χ1) is 8.58. The van der Waals surface area contributed by atoms with Gasteiger partial charge in [-0.05, 0) is 50.9 Å². The summed E-state index contributed by atoms with van der Waals surface area (Å²) in [5.41, 5.74) is 0.701. The molecule has 108 valence electrons. The predicted molar refractivity (Wildman–Crippen MR) is 74.8 cm³/mol. The van der Waals surface area contributed by atoms with Gasteiger partial charge >= 0.3 is 0 Å². The van der Waals surface area contributed by atoms with Crippen LogP contribution in [0.5, 0.6) is 0 Å². The Hall–Kier alpha value is -0.760. The molecular weight excluding hydrogens is 288 g/mol. The van der Waals surface area contributed by atoms with Gasteiger partial charge in [0.1, 0.15) is 0 Å². The highest BCUT2D eigenvalue weighted by molar-refractivity contribution is 7.89. The zero-order chi connectivity index (χ0) is 13.0. The lowest BCUT2D eigenvalue weighted by molar-refractivity contribution is 0.372. The molecule has 0 aromatic carbocycles. The highest BCUT2D eigenvalue weighted by Gasteiger charge is 2.19. The van der Waals surface area contributed by atoms with Crippen molar-refractivity contribution in [3.8, 4) is 0 Å². The molecule has 0 atom stereocenters. The second-order valence-electron chi connectivity index (χ2n) is 4.56. The number of halogens is 1. The number of sulfonamides is 1. The van der Waals surface area contributed by atoms with Crippen molar-refractivity contribution < 1.29 is 8.42 Å². The van der Waals surface area contributed by atoms with Crippen LogP contribution in [0.2, 0.25) is 0 Å². The average molecular weight is 307 g/mol. The van der Waals surface area contributed by atoms with E-state index in [9.17, 15) is 8.42 Å². The summed E-state index contributed by atoms with van der Waals surface area (Å²) in [6.07, 6.45) is 2.00. The van der Waals surface area contributed by atoms with Crippen LogP contribution < -0.4 is 10.0 Å². The first kappa shape index (κ1) is 16.3. The fourth-order valence-electron chi connectivity index (χ4n) is 1.92. The molecule has 0 saturated carbocycles. The molecule has 0 spiro atoms. The van der Waals surface area contributed by atoms with Gasteiger partial charge in [0, 0.05) is 6.54 Å². The molecule has 8 heteroatoms. The molecule has 0 amide bonds. The molecule has 1 aliphatic heterocycles. The third kappa shape index (κ3) is 4.68.